The number of carbonyl (C=O) groups is 1. The molecule has 0 spiro atoms. The van der Waals surface area contributed by atoms with Gasteiger partial charge in [0, 0.05) is 0 Å². The molecule has 0 aliphatic rings. The Balaban J connectivity index is 2.92. The maximum absolute atomic E-state index is 13.0. The SMILES string of the molecule is NC(Cc1cc(F)c(O)c(Br)c1)C(=O)O. The van der Waals surface area contributed by atoms with E-state index in [0.717, 1.165) is 6.07 Å². The highest BCUT2D eigenvalue weighted by Gasteiger charge is 2.14. The van der Waals surface area contributed by atoms with Crippen LogP contribution < -0.4 is 5.73 Å². The van der Waals surface area contributed by atoms with E-state index in [1.807, 2.05) is 0 Å². The maximum Gasteiger partial charge on any atom is 0.320 e. The van der Waals surface area contributed by atoms with Crippen LogP contribution in [0.25, 0.3) is 0 Å². The summed E-state index contributed by atoms with van der Waals surface area (Å²) in [6, 6.07) is 1.41. The van der Waals surface area contributed by atoms with Crippen molar-refractivity contribution in [3.8, 4) is 5.75 Å². The van der Waals surface area contributed by atoms with Gasteiger partial charge in [-0.05, 0) is 40.0 Å². The molecule has 0 radical (unpaired) electrons. The quantitative estimate of drug-likeness (QED) is 0.777. The summed E-state index contributed by atoms with van der Waals surface area (Å²) in [5.41, 5.74) is 5.70. The van der Waals surface area contributed by atoms with Crippen molar-refractivity contribution < 1.29 is 19.4 Å². The van der Waals surface area contributed by atoms with E-state index in [9.17, 15) is 9.18 Å². The molecule has 0 aliphatic heterocycles. The fraction of sp³-hybridized carbons (Fsp3) is 0.222. The summed E-state index contributed by atoms with van der Waals surface area (Å²) in [5.74, 6) is -2.46. The molecule has 6 heteroatoms. The minimum Gasteiger partial charge on any atom is -0.504 e. The minimum absolute atomic E-state index is 0.00509. The lowest BCUT2D eigenvalue weighted by atomic mass is 10.1. The Hall–Kier alpha value is -1.14. The Morgan fingerprint density at radius 3 is 2.67 bits per heavy atom. The number of aliphatic carboxylic acids is 1. The molecule has 0 aromatic heterocycles. The number of hydrogen-bond donors (Lipinski definition) is 3. The molecule has 1 atom stereocenters. The summed E-state index contributed by atoms with van der Waals surface area (Å²) in [6.45, 7) is 0. The van der Waals surface area contributed by atoms with Gasteiger partial charge in [-0.25, -0.2) is 4.39 Å². The van der Waals surface area contributed by atoms with Gasteiger partial charge in [-0.2, -0.15) is 0 Å². The molecule has 0 heterocycles. The lowest BCUT2D eigenvalue weighted by molar-refractivity contribution is -0.138. The monoisotopic (exact) mass is 277 g/mol. The van der Waals surface area contributed by atoms with Crippen molar-refractivity contribution in [1.29, 1.82) is 0 Å². The minimum atomic E-state index is -1.15. The maximum atomic E-state index is 13.0. The summed E-state index contributed by atoms with van der Waals surface area (Å²) in [7, 11) is 0. The summed E-state index contributed by atoms with van der Waals surface area (Å²) in [4.78, 5) is 10.5. The molecule has 0 amide bonds. The molecule has 1 unspecified atom stereocenters. The van der Waals surface area contributed by atoms with E-state index < -0.39 is 23.6 Å². The number of nitrogens with two attached hydrogens (primary N) is 1. The van der Waals surface area contributed by atoms with Gasteiger partial charge in [-0.15, -0.1) is 0 Å². The smallest absolute Gasteiger partial charge is 0.320 e. The zero-order chi connectivity index (χ0) is 11.6. The summed E-state index contributed by atoms with van der Waals surface area (Å²) in [6.07, 6.45) is 0.00509. The average Bonchev–Trinajstić information content (AvgIpc) is 2.13. The van der Waals surface area contributed by atoms with Gasteiger partial charge in [0.2, 0.25) is 0 Å². The Morgan fingerprint density at radius 1 is 1.60 bits per heavy atom. The van der Waals surface area contributed by atoms with Crippen molar-refractivity contribution >= 4 is 21.9 Å². The normalized spacial score (nSPS) is 12.5. The molecule has 0 saturated carbocycles. The molecule has 1 aromatic rings. The number of benzene rings is 1. The van der Waals surface area contributed by atoms with Gasteiger partial charge < -0.3 is 15.9 Å². The Labute approximate surface area is 93.6 Å². The Kier molecular flexibility index (Phi) is 3.65. The summed E-state index contributed by atoms with van der Waals surface area (Å²) >= 11 is 2.95. The van der Waals surface area contributed by atoms with Crippen LogP contribution in [0.4, 0.5) is 4.39 Å². The highest BCUT2D eigenvalue weighted by atomic mass is 79.9. The number of halogens is 2. The Bertz CT molecular complexity index is 374. The van der Waals surface area contributed by atoms with Gasteiger partial charge >= 0.3 is 5.97 Å². The van der Waals surface area contributed by atoms with Crippen LogP contribution in [0.3, 0.4) is 0 Å². The first kappa shape index (κ1) is 11.9. The highest BCUT2D eigenvalue weighted by Crippen LogP contribution is 2.28. The van der Waals surface area contributed by atoms with Gasteiger partial charge in [0.25, 0.3) is 0 Å². The molecule has 0 aliphatic carbocycles. The van der Waals surface area contributed by atoms with Crippen LogP contribution in [0.5, 0.6) is 5.75 Å². The Morgan fingerprint density at radius 2 is 2.20 bits per heavy atom. The van der Waals surface area contributed by atoms with Gasteiger partial charge in [0.1, 0.15) is 6.04 Å². The molecular formula is C9H9BrFNO3. The molecule has 0 fully saturated rings. The van der Waals surface area contributed by atoms with E-state index in [2.05, 4.69) is 15.9 Å². The van der Waals surface area contributed by atoms with E-state index in [1.165, 1.54) is 6.07 Å². The third-order valence-electron chi connectivity index (χ3n) is 1.85. The zero-order valence-corrected chi connectivity index (χ0v) is 9.16. The average molecular weight is 278 g/mol. The highest BCUT2D eigenvalue weighted by molar-refractivity contribution is 9.10. The number of aromatic hydroxyl groups is 1. The van der Waals surface area contributed by atoms with Crippen molar-refractivity contribution in [3.63, 3.8) is 0 Å². The molecule has 4 nitrogen and oxygen atoms in total. The second kappa shape index (κ2) is 4.59. The van der Waals surface area contributed by atoms with Gasteiger partial charge in [0.05, 0.1) is 4.47 Å². The molecule has 0 bridgehead atoms. The number of phenolic OH excluding ortho intramolecular Hbond substituents is 1. The first-order valence-corrected chi connectivity index (χ1v) is 4.86. The second-order valence-electron chi connectivity index (χ2n) is 3.06. The summed E-state index contributed by atoms with van der Waals surface area (Å²) < 4.78 is 13.2. The first-order valence-electron chi connectivity index (χ1n) is 4.07. The van der Waals surface area contributed by atoms with Gasteiger partial charge in [-0.1, -0.05) is 0 Å². The predicted molar refractivity (Wildman–Crippen MR) is 55.1 cm³/mol. The topological polar surface area (TPSA) is 83.5 Å². The number of phenols is 1. The summed E-state index contributed by atoms with van der Waals surface area (Å²) in [5, 5.41) is 17.7. The van der Waals surface area contributed by atoms with Crippen LogP contribution in [-0.2, 0) is 11.2 Å². The number of rotatable bonds is 3. The number of hydrogen-bond acceptors (Lipinski definition) is 3. The molecule has 1 aromatic carbocycles. The molecular weight excluding hydrogens is 269 g/mol. The molecule has 4 N–H and O–H groups in total. The van der Waals surface area contributed by atoms with Crippen molar-refractivity contribution in [2.75, 3.05) is 0 Å². The third-order valence-corrected chi connectivity index (χ3v) is 2.45. The third kappa shape index (κ3) is 2.90. The zero-order valence-electron chi connectivity index (χ0n) is 7.58. The van der Waals surface area contributed by atoms with Crippen LogP contribution in [0.15, 0.2) is 16.6 Å². The van der Waals surface area contributed by atoms with E-state index in [4.69, 9.17) is 15.9 Å². The van der Waals surface area contributed by atoms with E-state index in [0.29, 0.717) is 5.56 Å². The van der Waals surface area contributed by atoms with E-state index >= 15 is 0 Å². The largest absolute Gasteiger partial charge is 0.504 e. The lowest BCUT2D eigenvalue weighted by Gasteiger charge is -2.08. The van der Waals surface area contributed by atoms with Crippen LogP contribution >= 0.6 is 15.9 Å². The predicted octanol–water partition coefficient (Wildman–Crippen LogP) is 1.25. The molecule has 15 heavy (non-hydrogen) atoms. The first-order chi connectivity index (χ1) is 6.91. The van der Waals surface area contributed by atoms with Crippen LogP contribution in [0.2, 0.25) is 0 Å². The molecule has 1 rings (SSSR count). The number of carboxylic acids is 1. The fourth-order valence-electron chi connectivity index (χ4n) is 1.08. The van der Waals surface area contributed by atoms with Crippen LogP contribution in [0.1, 0.15) is 5.56 Å². The van der Waals surface area contributed by atoms with Crippen molar-refractivity contribution in [1.82, 2.24) is 0 Å². The molecule has 0 saturated heterocycles. The van der Waals surface area contributed by atoms with Crippen LogP contribution in [-0.4, -0.2) is 22.2 Å². The van der Waals surface area contributed by atoms with Gasteiger partial charge in [-0.3, -0.25) is 4.79 Å². The second-order valence-corrected chi connectivity index (χ2v) is 3.91. The van der Waals surface area contributed by atoms with Crippen LogP contribution in [0, 0.1) is 5.82 Å². The lowest BCUT2D eigenvalue weighted by Crippen LogP contribution is -2.32. The molecule has 82 valence electrons. The van der Waals surface area contributed by atoms with Crippen molar-refractivity contribution in [2.24, 2.45) is 5.73 Å². The van der Waals surface area contributed by atoms with E-state index in [-0.39, 0.29) is 10.9 Å². The van der Waals surface area contributed by atoms with Crippen molar-refractivity contribution in [2.45, 2.75) is 12.5 Å². The number of carboxylic acid groups (broad SMARTS) is 1. The standard InChI is InChI=1S/C9H9BrFNO3/c10-5-1-4(2-6(11)8(5)13)3-7(12)9(14)15/h1-2,7,13H,3,12H2,(H,14,15). The van der Waals surface area contributed by atoms with Gasteiger partial charge in [0.15, 0.2) is 11.6 Å². The van der Waals surface area contributed by atoms with E-state index in [1.54, 1.807) is 0 Å². The van der Waals surface area contributed by atoms with Crippen molar-refractivity contribution in [3.05, 3.63) is 28.0 Å². The fourth-order valence-corrected chi connectivity index (χ4v) is 1.56.